The molecule has 10 nitrogen and oxygen atoms in total. The van der Waals surface area contributed by atoms with Gasteiger partial charge < -0.3 is 23.3 Å². The third-order valence-electron chi connectivity index (χ3n) is 5.32. The Kier molecular flexibility index (Phi) is 8.07. The number of carbonyl (C=O) groups excluding carboxylic acids is 1. The average molecular weight is 491 g/mol. The zero-order valence-corrected chi connectivity index (χ0v) is 20.3. The van der Waals surface area contributed by atoms with E-state index in [-0.39, 0.29) is 6.61 Å². The summed E-state index contributed by atoms with van der Waals surface area (Å²) >= 11 is 0. The van der Waals surface area contributed by atoms with Crippen LogP contribution >= 0.6 is 0 Å². The highest BCUT2D eigenvalue weighted by atomic mass is 16.5. The summed E-state index contributed by atoms with van der Waals surface area (Å²) in [4.78, 5) is 20.5. The second-order valence-corrected chi connectivity index (χ2v) is 7.86. The summed E-state index contributed by atoms with van der Waals surface area (Å²) in [5, 5.41) is 7.87. The molecule has 0 spiro atoms. The lowest BCUT2D eigenvalue weighted by Crippen LogP contribution is -2.03. The molecule has 0 aliphatic rings. The molecule has 186 valence electrons. The quantitative estimate of drug-likeness (QED) is 0.168. The predicted molar refractivity (Wildman–Crippen MR) is 129 cm³/mol. The first-order valence-electron chi connectivity index (χ1n) is 11.3. The lowest BCUT2D eigenvalue weighted by Gasteiger charge is -2.11. The van der Waals surface area contributed by atoms with Crippen molar-refractivity contribution in [3.63, 3.8) is 0 Å². The molecule has 3 heterocycles. The number of hydrogen-bond acceptors (Lipinski definition) is 10. The first-order chi connectivity index (χ1) is 17.5. The summed E-state index contributed by atoms with van der Waals surface area (Å²) in [6.07, 6.45) is 7.42. The fourth-order valence-electron chi connectivity index (χ4n) is 3.34. The number of benzene rings is 1. The molecule has 36 heavy (non-hydrogen) atoms. The van der Waals surface area contributed by atoms with Crippen LogP contribution in [0.3, 0.4) is 0 Å². The lowest BCUT2D eigenvalue weighted by atomic mass is 10.2. The molecule has 0 amide bonds. The van der Waals surface area contributed by atoms with Gasteiger partial charge in [-0.25, -0.2) is 4.79 Å². The Balaban J connectivity index is 1.23. The van der Waals surface area contributed by atoms with Gasteiger partial charge in [0.15, 0.2) is 11.5 Å². The molecule has 0 aliphatic heterocycles. The van der Waals surface area contributed by atoms with E-state index in [1.54, 1.807) is 43.8 Å². The van der Waals surface area contributed by atoms with Gasteiger partial charge in [0.05, 0.1) is 25.0 Å². The molecule has 0 unspecified atom stereocenters. The Labute approximate surface area is 207 Å². The Morgan fingerprint density at radius 3 is 2.75 bits per heavy atom. The second-order valence-electron chi connectivity index (χ2n) is 7.86. The number of esters is 1. The number of methoxy groups -OCH3 is 1. The molecule has 1 aromatic carbocycles. The van der Waals surface area contributed by atoms with E-state index in [0.717, 1.165) is 28.1 Å². The minimum absolute atomic E-state index is 0.228. The van der Waals surface area contributed by atoms with E-state index in [4.69, 9.17) is 23.3 Å². The van der Waals surface area contributed by atoms with Crippen LogP contribution in [0.25, 0.3) is 17.5 Å². The van der Waals surface area contributed by atoms with Gasteiger partial charge in [0, 0.05) is 30.5 Å². The van der Waals surface area contributed by atoms with Gasteiger partial charge in [-0.05, 0) is 56.2 Å². The van der Waals surface area contributed by atoms with Crippen LogP contribution in [0.1, 0.15) is 34.9 Å². The van der Waals surface area contributed by atoms with E-state index in [1.165, 1.54) is 6.08 Å². The fourth-order valence-corrected chi connectivity index (χ4v) is 3.34. The van der Waals surface area contributed by atoms with Crippen LogP contribution in [-0.4, -0.2) is 40.0 Å². The van der Waals surface area contributed by atoms with E-state index >= 15 is 0 Å². The molecule has 0 bridgehead atoms. The van der Waals surface area contributed by atoms with Crippen LogP contribution < -0.4 is 9.47 Å². The standard InChI is InChI=1S/C26H26N4O6/c1-17-21(18(2)35-29-17)16-34-22-10-8-19(14-23(22)32-3)9-11-25(31)33-13-5-7-24-28-26(30-36-24)20-6-4-12-27-15-20/h4,6,8-12,14-15H,5,7,13,16H2,1-3H3/b11-9+. The highest BCUT2D eigenvalue weighted by Crippen LogP contribution is 2.30. The molecule has 4 aromatic rings. The molecule has 0 aliphatic carbocycles. The molecular formula is C26H26N4O6. The number of hydrogen-bond donors (Lipinski definition) is 0. The summed E-state index contributed by atoms with van der Waals surface area (Å²) in [5.74, 6) is 2.34. The second kappa shape index (κ2) is 11.8. The van der Waals surface area contributed by atoms with Crippen molar-refractivity contribution in [2.24, 2.45) is 0 Å². The Bertz CT molecular complexity index is 1310. The van der Waals surface area contributed by atoms with Gasteiger partial charge in [0.25, 0.3) is 0 Å². The summed E-state index contributed by atoms with van der Waals surface area (Å²) in [6.45, 7) is 4.25. The highest BCUT2D eigenvalue weighted by Gasteiger charge is 2.12. The highest BCUT2D eigenvalue weighted by molar-refractivity contribution is 5.87. The number of carbonyl (C=O) groups is 1. The number of ether oxygens (including phenoxy) is 3. The van der Waals surface area contributed by atoms with Gasteiger partial charge in [-0.15, -0.1) is 0 Å². The van der Waals surface area contributed by atoms with Crippen molar-refractivity contribution in [3.05, 3.63) is 77.3 Å². The van der Waals surface area contributed by atoms with Crippen LogP contribution in [0.15, 0.2) is 57.8 Å². The first-order valence-corrected chi connectivity index (χ1v) is 11.3. The summed E-state index contributed by atoms with van der Waals surface area (Å²) in [5.41, 5.74) is 3.23. The number of nitrogens with zero attached hydrogens (tertiary/aromatic N) is 4. The van der Waals surface area contributed by atoms with Crippen molar-refractivity contribution in [1.29, 1.82) is 0 Å². The van der Waals surface area contributed by atoms with Crippen molar-refractivity contribution >= 4 is 12.0 Å². The molecule has 0 N–H and O–H groups in total. The van der Waals surface area contributed by atoms with Crippen molar-refractivity contribution < 1.29 is 28.1 Å². The zero-order valence-electron chi connectivity index (χ0n) is 20.3. The van der Waals surface area contributed by atoms with Gasteiger partial charge in [0.2, 0.25) is 11.7 Å². The van der Waals surface area contributed by atoms with Gasteiger partial charge in [-0.1, -0.05) is 16.4 Å². The molecule has 0 atom stereocenters. The van der Waals surface area contributed by atoms with Gasteiger partial charge in [-0.3, -0.25) is 4.98 Å². The van der Waals surface area contributed by atoms with Gasteiger partial charge in [0.1, 0.15) is 12.4 Å². The van der Waals surface area contributed by atoms with Crippen molar-refractivity contribution in [2.45, 2.75) is 33.3 Å². The molecule has 3 aromatic heterocycles. The number of rotatable bonds is 11. The maximum atomic E-state index is 12.1. The van der Waals surface area contributed by atoms with Gasteiger partial charge in [-0.2, -0.15) is 4.98 Å². The normalized spacial score (nSPS) is 11.1. The van der Waals surface area contributed by atoms with Crippen LogP contribution in [-0.2, 0) is 22.6 Å². The van der Waals surface area contributed by atoms with Crippen molar-refractivity contribution in [2.75, 3.05) is 13.7 Å². The van der Waals surface area contributed by atoms with E-state index < -0.39 is 5.97 Å². The molecular weight excluding hydrogens is 464 g/mol. The summed E-state index contributed by atoms with van der Waals surface area (Å²) in [6, 6.07) is 9.05. The topological polar surface area (TPSA) is 123 Å². The molecule has 0 saturated heterocycles. The Morgan fingerprint density at radius 2 is 2.00 bits per heavy atom. The maximum absolute atomic E-state index is 12.1. The van der Waals surface area contributed by atoms with E-state index in [2.05, 4.69) is 20.3 Å². The van der Waals surface area contributed by atoms with E-state index in [0.29, 0.717) is 42.7 Å². The van der Waals surface area contributed by atoms with E-state index in [1.807, 2.05) is 26.0 Å². The minimum atomic E-state index is -0.450. The third-order valence-corrected chi connectivity index (χ3v) is 5.32. The van der Waals surface area contributed by atoms with Crippen molar-refractivity contribution in [1.82, 2.24) is 20.3 Å². The molecule has 4 rings (SSSR count). The van der Waals surface area contributed by atoms with Crippen LogP contribution in [0.2, 0.25) is 0 Å². The molecule has 10 heteroatoms. The average Bonchev–Trinajstić information content (AvgIpc) is 3.51. The summed E-state index contributed by atoms with van der Waals surface area (Å²) < 4.78 is 27.0. The number of aryl methyl sites for hydroxylation is 3. The monoisotopic (exact) mass is 490 g/mol. The van der Waals surface area contributed by atoms with E-state index in [9.17, 15) is 4.79 Å². The van der Waals surface area contributed by atoms with Crippen LogP contribution in [0.4, 0.5) is 0 Å². The fraction of sp³-hybridized carbons (Fsp3) is 0.269. The zero-order chi connectivity index (χ0) is 25.3. The summed E-state index contributed by atoms with van der Waals surface area (Å²) in [7, 11) is 1.56. The SMILES string of the molecule is COc1cc(/C=C/C(=O)OCCCc2nc(-c3cccnc3)no2)ccc1OCc1c(C)noc1C. The third kappa shape index (κ3) is 6.35. The number of pyridine rings is 1. The maximum Gasteiger partial charge on any atom is 0.330 e. The predicted octanol–water partition coefficient (Wildman–Crippen LogP) is 4.51. The van der Waals surface area contributed by atoms with Gasteiger partial charge >= 0.3 is 5.97 Å². The Morgan fingerprint density at radius 1 is 1.11 bits per heavy atom. The minimum Gasteiger partial charge on any atom is -0.493 e. The largest absolute Gasteiger partial charge is 0.493 e. The first kappa shape index (κ1) is 24.6. The molecule has 0 saturated carbocycles. The number of aromatic nitrogens is 4. The lowest BCUT2D eigenvalue weighted by molar-refractivity contribution is -0.137. The molecule has 0 fully saturated rings. The van der Waals surface area contributed by atoms with Crippen molar-refractivity contribution in [3.8, 4) is 22.9 Å². The van der Waals surface area contributed by atoms with Crippen LogP contribution in [0, 0.1) is 13.8 Å². The van der Waals surface area contributed by atoms with Crippen LogP contribution in [0.5, 0.6) is 11.5 Å². The Hall–Kier alpha value is -4.47. The molecule has 0 radical (unpaired) electrons. The smallest absolute Gasteiger partial charge is 0.330 e.